The van der Waals surface area contributed by atoms with E-state index in [1.807, 2.05) is 47.8 Å². The molecule has 0 spiro atoms. The van der Waals surface area contributed by atoms with Crippen LogP contribution in [-0.2, 0) is 0 Å². The molecular weight excluding hydrogens is 356 g/mol. The standard InChI is InChI=1S/C17H21BrN4O/c1-12-16(17(23)21-9-3-4-14(11-21)19-2)10-20-22(12)15-7-5-13(18)6-8-15/h5-8,10,14,19H,3-4,9,11H2,1-2H3/t14-/m1/s1. The quantitative estimate of drug-likeness (QED) is 0.895. The van der Waals surface area contributed by atoms with Crippen LogP contribution in [0.25, 0.3) is 5.69 Å². The average Bonchev–Trinajstić information content (AvgIpc) is 2.96. The third-order valence-corrected chi connectivity index (χ3v) is 4.96. The van der Waals surface area contributed by atoms with E-state index in [0.717, 1.165) is 41.8 Å². The first kappa shape index (κ1) is 16.2. The third kappa shape index (κ3) is 3.33. The molecule has 1 aromatic carbocycles. The Hall–Kier alpha value is -1.66. The maximum Gasteiger partial charge on any atom is 0.257 e. The molecule has 0 aliphatic carbocycles. The van der Waals surface area contributed by atoms with Gasteiger partial charge in [-0.1, -0.05) is 15.9 Å². The van der Waals surface area contributed by atoms with Crippen LogP contribution in [0.5, 0.6) is 0 Å². The van der Waals surface area contributed by atoms with Crippen molar-refractivity contribution in [1.29, 1.82) is 0 Å². The average molecular weight is 377 g/mol. The van der Waals surface area contributed by atoms with Crippen LogP contribution in [0.1, 0.15) is 28.9 Å². The third-order valence-electron chi connectivity index (χ3n) is 4.43. The van der Waals surface area contributed by atoms with E-state index < -0.39 is 0 Å². The van der Waals surface area contributed by atoms with E-state index >= 15 is 0 Å². The normalized spacial score (nSPS) is 18.2. The Labute approximate surface area is 144 Å². The highest BCUT2D eigenvalue weighted by molar-refractivity contribution is 9.10. The molecule has 0 unspecified atom stereocenters. The van der Waals surface area contributed by atoms with Crippen LogP contribution in [-0.4, -0.2) is 46.8 Å². The van der Waals surface area contributed by atoms with Gasteiger partial charge in [-0.05, 0) is 51.1 Å². The number of piperidine rings is 1. The van der Waals surface area contributed by atoms with Crippen LogP contribution in [0, 0.1) is 6.92 Å². The molecule has 6 heteroatoms. The molecule has 1 fully saturated rings. The predicted molar refractivity (Wildman–Crippen MR) is 94.0 cm³/mol. The second kappa shape index (κ2) is 6.84. The molecule has 0 bridgehead atoms. The number of nitrogens with zero attached hydrogens (tertiary/aromatic N) is 3. The maximum atomic E-state index is 12.8. The van der Waals surface area contributed by atoms with Gasteiger partial charge in [0.15, 0.2) is 0 Å². The van der Waals surface area contributed by atoms with Crippen molar-refractivity contribution in [2.45, 2.75) is 25.8 Å². The smallest absolute Gasteiger partial charge is 0.257 e. The summed E-state index contributed by atoms with van der Waals surface area (Å²) in [7, 11) is 1.95. The lowest BCUT2D eigenvalue weighted by Gasteiger charge is -2.32. The van der Waals surface area contributed by atoms with Crippen molar-refractivity contribution < 1.29 is 4.79 Å². The lowest BCUT2D eigenvalue weighted by atomic mass is 10.0. The molecule has 1 aliphatic rings. The first-order valence-electron chi connectivity index (χ1n) is 7.87. The molecule has 0 saturated carbocycles. The number of likely N-dealkylation sites (N-methyl/N-ethyl adjacent to an activating group) is 1. The van der Waals surface area contributed by atoms with Crippen molar-refractivity contribution in [1.82, 2.24) is 20.0 Å². The first-order chi connectivity index (χ1) is 11.1. The van der Waals surface area contributed by atoms with Crippen LogP contribution in [0.2, 0.25) is 0 Å². The highest BCUT2D eigenvalue weighted by Crippen LogP contribution is 2.20. The molecule has 1 aromatic heterocycles. The number of carbonyl (C=O) groups excluding carboxylic acids is 1. The van der Waals surface area contributed by atoms with Gasteiger partial charge in [0.05, 0.1) is 23.1 Å². The Balaban J connectivity index is 1.83. The van der Waals surface area contributed by atoms with Gasteiger partial charge in [0.1, 0.15) is 0 Å². The van der Waals surface area contributed by atoms with E-state index in [1.54, 1.807) is 6.20 Å². The summed E-state index contributed by atoms with van der Waals surface area (Å²) in [5.74, 6) is 0.0748. The zero-order valence-corrected chi connectivity index (χ0v) is 15.0. The molecular formula is C17H21BrN4O. The molecule has 0 radical (unpaired) electrons. The minimum Gasteiger partial charge on any atom is -0.337 e. The molecule has 2 aromatic rings. The maximum absolute atomic E-state index is 12.8. The SMILES string of the molecule is CN[C@@H]1CCCN(C(=O)c2cnn(-c3ccc(Br)cc3)c2C)C1. The van der Waals surface area contributed by atoms with Gasteiger partial charge in [-0.15, -0.1) is 0 Å². The summed E-state index contributed by atoms with van der Waals surface area (Å²) in [6, 6.07) is 8.29. The van der Waals surface area contributed by atoms with Gasteiger partial charge < -0.3 is 10.2 Å². The Morgan fingerprint density at radius 2 is 2.09 bits per heavy atom. The highest BCUT2D eigenvalue weighted by Gasteiger charge is 2.26. The van der Waals surface area contributed by atoms with Gasteiger partial charge in [-0.3, -0.25) is 4.79 Å². The molecule has 23 heavy (non-hydrogen) atoms. The van der Waals surface area contributed by atoms with Crippen molar-refractivity contribution in [3.8, 4) is 5.69 Å². The summed E-state index contributed by atoms with van der Waals surface area (Å²) in [6.07, 6.45) is 3.84. The molecule has 3 rings (SSSR count). The molecule has 1 atom stereocenters. The summed E-state index contributed by atoms with van der Waals surface area (Å²) in [5, 5.41) is 7.68. The second-order valence-electron chi connectivity index (χ2n) is 5.91. The summed E-state index contributed by atoms with van der Waals surface area (Å²) < 4.78 is 2.84. The molecule has 1 aliphatic heterocycles. The van der Waals surface area contributed by atoms with E-state index in [2.05, 4.69) is 26.3 Å². The van der Waals surface area contributed by atoms with Crippen molar-refractivity contribution in [3.05, 3.63) is 46.2 Å². The van der Waals surface area contributed by atoms with Crippen LogP contribution >= 0.6 is 15.9 Å². The Morgan fingerprint density at radius 3 is 2.78 bits per heavy atom. The molecule has 1 amide bonds. The fraction of sp³-hybridized carbons (Fsp3) is 0.412. The van der Waals surface area contributed by atoms with Crippen LogP contribution in [0.15, 0.2) is 34.9 Å². The number of aromatic nitrogens is 2. The van der Waals surface area contributed by atoms with Crippen molar-refractivity contribution in [2.75, 3.05) is 20.1 Å². The van der Waals surface area contributed by atoms with Crippen molar-refractivity contribution in [2.24, 2.45) is 0 Å². The fourth-order valence-electron chi connectivity index (χ4n) is 3.03. The molecule has 1 N–H and O–H groups in total. The summed E-state index contributed by atoms with van der Waals surface area (Å²) in [6.45, 7) is 3.53. The minimum atomic E-state index is 0.0748. The van der Waals surface area contributed by atoms with Crippen LogP contribution < -0.4 is 5.32 Å². The Bertz CT molecular complexity index is 695. The predicted octanol–water partition coefficient (Wildman–Crippen LogP) is 2.77. The van der Waals surface area contributed by atoms with Crippen molar-refractivity contribution >= 4 is 21.8 Å². The van der Waals surface area contributed by atoms with Crippen LogP contribution in [0.3, 0.4) is 0 Å². The summed E-state index contributed by atoms with van der Waals surface area (Å²) in [5.41, 5.74) is 2.52. The summed E-state index contributed by atoms with van der Waals surface area (Å²) in [4.78, 5) is 14.7. The van der Waals surface area contributed by atoms with Gasteiger partial charge >= 0.3 is 0 Å². The van der Waals surface area contributed by atoms with E-state index in [9.17, 15) is 4.79 Å². The zero-order chi connectivity index (χ0) is 16.4. The number of likely N-dealkylation sites (tertiary alicyclic amines) is 1. The van der Waals surface area contributed by atoms with Gasteiger partial charge in [0, 0.05) is 23.6 Å². The lowest BCUT2D eigenvalue weighted by Crippen LogP contribution is -2.47. The lowest BCUT2D eigenvalue weighted by molar-refractivity contribution is 0.0697. The number of carbonyl (C=O) groups is 1. The number of hydrogen-bond acceptors (Lipinski definition) is 3. The number of halogens is 1. The van der Waals surface area contributed by atoms with E-state index in [-0.39, 0.29) is 5.91 Å². The number of rotatable bonds is 3. The Morgan fingerprint density at radius 1 is 1.35 bits per heavy atom. The van der Waals surface area contributed by atoms with Crippen LogP contribution in [0.4, 0.5) is 0 Å². The van der Waals surface area contributed by atoms with Gasteiger partial charge in [0.2, 0.25) is 0 Å². The Kier molecular flexibility index (Phi) is 4.82. The van der Waals surface area contributed by atoms with Gasteiger partial charge in [-0.25, -0.2) is 4.68 Å². The first-order valence-corrected chi connectivity index (χ1v) is 8.66. The second-order valence-corrected chi connectivity index (χ2v) is 6.83. The largest absolute Gasteiger partial charge is 0.337 e. The summed E-state index contributed by atoms with van der Waals surface area (Å²) >= 11 is 3.43. The number of amides is 1. The topological polar surface area (TPSA) is 50.2 Å². The number of nitrogens with one attached hydrogen (secondary N) is 1. The van der Waals surface area contributed by atoms with E-state index in [1.165, 1.54) is 0 Å². The molecule has 122 valence electrons. The molecule has 2 heterocycles. The van der Waals surface area contributed by atoms with Gasteiger partial charge in [-0.2, -0.15) is 5.10 Å². The zero-order valence-electron chi connectivity index (χ0n) is 13.4. The van der Waals surface area contributed by atoms with E-state index in [0.29, 0.717) is 11.6 Å². The van der Waals surface area contributed by atoms with Crippen molar-refractivity contribution in [3.63, 3.8) is 0 Å². The number of benzene rings is 1. The number of hydrogen-bond donors (Lipinski definition) is 1. The van der Waals surface area contributed by atoms with Gasteiger partial charge in [0.25, 0.3) is 5.91 Å². The molecule has 1 saturated heterocycles. The minimum absolute atomic E-state index is 0.0748. The highest BCUT2D eigenvalue weighted by atomic mass is 79.9. The molecule has 5 nitrogen and oxygen atoms in total. The monoisotopic (exact) mass is 376 g/mol. The fourth-order valence-corrected chi connectivity index (χ4v) is 3.29. The van der Waals surface area contributed by atoms with E-state index in [4.69, 9.17) is 0 Å².